The van der Waals surface area contributed by atoms with Crippen LogP contribution in [0.3, 0.4) is 0 Å². The van der Waals surface area contributed by atoms with Crippen LogP contribution in [0.1, 0.15) is 45.4 Å². The van der Waals surface area contributed by atoms with Crippen molar-refractivity contribution in [1.82, 2.24) is 14.5 Å². The summed E-state index contributed by atoms with van der Waals surface area (Å²) < 4.78 is 2.20. The van der Waals surface area contributed by atoms with Crippen LogP contribution in [0.25, 0.3) is 11.0 Å². The SMILES string of the molecule is CCCCCCCCN(C)CCn1cnc2ccc(N)cc21. The smallest absolute Gasteiger partial charge is 0.0958 e. The first kappa shape index (κ1) is 16.8. The number of hydrogen-bond donors (Lipinski definition) is 1. The fourth-order valence-corrected chi connectivity index (χ4v) is 2.80. The number of nitrogens with zero attached hydrogens (tertiary/aromatic N) is 3. The molecule has 0 bridgehead atoms. The van der Waals surface area contributed by atoms with Crippen LogP contribution < -0.4 is 5.73 Å². The van der Waals surface area contributed by atoms with Crippen LogP contribution >= 0.6 is 0 Å². The molecule has 0 saturated carbocycles. The minimum Gasteiger partial charge on any atom is -0.399 e. The Labute approximate surface area is 134 Å². The molecule has 0 aliphatic heterocycles. The lowest BCUT2D eigenvalue weighted by atomic mass is 10.1. The number of imidazole rings is 1. The minimum absolute atomic E-state index is 0.801. The zero-order chi connectivity index (χ0) is 15.8. The van der Waals surface area contributed by atoms with Crippen molar-refractivity contribution in [2.24, 2.45) is 0 Å². The van der Waals surface area contributed by atoms with Gasteiger partial charge in [0.2, 0.25) is 0 Å². The Hall–Kier alpha value is -1.55. The van der Waals surface area contributed by atoms with Gasteiger partial charge in [0, 0.05) is 18.8 Å². The molecule has 1 heterocycles. The van der Waals surface area contributed by atoms with E-state index in [1.807, 2.05) is 24.5 Å². The molecule has 4 nitrogen and oxygen atoms in total. The number of unbranched alkanes of at least 4 members (excludes halogenated alkanes) is 5. The molecule has 22 heavy (non-hydrogen) atoms. The maximum Gasteiger partial charge on any atom is 0.0958 e. The Morgan fingerprint density at radius 3 is 2.68 bits per heavy atom. The Balaban J connectivity index is 1.71. The lowest BCUT2D eigenvalue weighted by Crippen LogP contribution is -2.24. The second-order valence-electron chi connectivity index (χ2n) is 6.26. The summed E-state index contributed by atoms with van der Waals surface area (Å²) in [5.74, 6) is 0. The van der Waals surface area contributed by atoms with Crippen molar-refractivity contribution < 1.29 is 0 Å². The second-order valence-corrected chi connectivity index (χ2v) is 6.26. The Morgan fingerprint density at radius 1 is 1.09 bits per heavy atom. The van der Waals surface area contributed by atoms with Crippen molar-refractivity contribution in [2.75, 3.05) is 25.9 Å². The number of anilines is 1. The highest BCUT2D eigenvalue weighted by atomic mass is 15.1. The predicted octanol–water partition coefficient (Wildman–Crippen LogP) is 3.91. The van der Waals surface area contributed by atoms with E-state index >= 15 is 0 Å². The van der Waals surface area contributed by atoms with E-state index in [0.717, 1.165) is 29.8 Å². The van der Waals surface area contributed by atoms with Crippen molar-refractivity contribution in [2.45, 2.75) is 52.0 Å². The molecule has 0 saturated heterocycles. The van der Waals surface area contributed by atoms with Gasteiger partial charge in [0.05, 0.1) is 17.4 Å². The molecule has 122 valence electrons. The van der Waals surface area contributed by atoms with E-state index in [9.17, 15) is 0 Å². The number of likely N-dealkylation sites (N-methyl/N-ethyl adjacent to an activating group) is 1. The lowest BCUT2D eigenvalue weighted by Gasteiger charge is -2.17. The molecule has 0 fully saturated rings. The van der Waals surface area contributed by atoms with E-state index in [1.54, 1.807) is 0 Å². The largest absolute Gasteiger partial charge is 0.399 e. The van der Waals surface area contributed by atoms with Gasteiger partial charge < -0.3 is 15.2 Å². The van der Waals surface area contributed by atoms with E-state index in [4.69, 9.17) is 5.73 Å². The van der Waals surface area contributed by atoms with Crippen molar-refractivity contribution in [3.8, 4) is 0 Å². The average Bonchev–Trinajstić information content (AvgIpc) is 2.91. The normalized spacial score (nSPS) is 11.6. The average molecular weight is 302 g/mol. The number of hydrogen-bond acceptors (Lipinski definition) is 3. The first-order valence-corrected chi connectivity index (χ1v) is 8.59. The first-order chi connectivity index (χ1) is 10.7. The molecular formula is C18H30N4. The zero-order valence-corrected chi connectivity index (χ0v) is 14.1. The number of nitrogens with two attached hydrogens (primary N) is 1. The van der Waals surface area contributed by atoms with E-state index in [0.29, 0.717) is 0 Å². The molecule has 4 heteroatoms. The monoisotopic (exact) mass is 302 g/mol. The molecule has 0 spiro atoms. The quantitative estimate of drug-likeness (QED) is 0.534. The van der Waals surface area contributed by atoms with E-state index < -0.39 is 0 Å². The Bertz CT molecular complexity index is 561. The molecule has 0 aliphatic carbocycles. The summed E-state index contributed by atoms with van der Waals surface area (Å²) in [6.07, 6.45) is 10.1. The molecular weight excluding hydrogens is 272 g/mol. The van der Waals surface area contributed by atoms with Gasteiger partial charge in [-0.15, -0.1) is 0 Å². The first-order valence-electron chi connectivity index (χ1n) is 8.59. The van der Waals surface area contributed by atoms with Crippen molar-refractivity contribution in [3.63, 3.8) is 0 Å². The third kappa shape index (κ3) is 5.02. The summed E-state index contributed by atoms with van der Waals surface area (Å²) in [6.45, 7) is 5.46. The fraction of sp³-hybridized carbons (Fsp3) is 0.611. The van der Waals surface area contributed by atoms with Crippen molar-refractivity contribution in [1.29, 1.82) is 0 Å². The Morgan fingerprint density at radius 2 is 1.86 bits per heavy atom. The minimum atomic E-state index is 0.801. The summed E-state index contributed by atoms with van der Waals surface area (Å²) in [5, 5.41) is 0. The lowest BCUT2D eigenvalue weighted by molar-refractivity contribution is 0.311. The number of rotatable bonds is 10. The third-order valence-corrected chi connectivity index (χ3v) is 4.26. The molecule has 1 aromatic heterocycles. The van der Waals surface area contributed by atoms with Crippen LogP contribution in [-0.4, -0.2) is 34.6 Å². The van der Waals surface area contributed by atoms with Crippen LogP contribution in [0.15, 0.2) is 24.5 Å². The maximum absolute atomic E-state index is 5.87. The summed E-state index contributed by atoms with van der Waals surface area (Å²) in [6, 6.07) is 5.90. The van der Waals surface area contributed by atoms with Gasteiger partial charge in [-0.05, 0) is 38.2 Å². The van der Waals surface area contributed by atoms with E-state index in [-0.39, 0.29) is 0 Å². The number of nitrogen functional groups attached to an aromatic ring is 1. The van der Waals surface area contributed by atoms with E-state index in [1.165, 1.54) is 45.1 Å². The number of benzene rings is 1. The van der Waals surface area contributed by atoms with Gasteiger partial charge in [-0.25, -0.2) is 4.98 Å². The summed E-state index contributed by atoms with van der Waals surface area (Å²) >= 11 is 0. The van der Waals surface area contributed by atoms with Crippen LogP contribution in [0.2, 0.25) is 0 Å². The third-order valence-electron chi connectivity index (χ3n) is 4.26. The van der Waals surface area contributed by atoms with Crippen molar-refractivity contribution in [3.05, 3.63) is 24.5 Å². The fourth-order valence-electron chi connectivity index (χ4n) is 2.80. The van der Waals surface area contributed by atoms with Gasteiger partial charge in [-0.2, -0.15) is 0 Å². The summed E-state index contributed by atoms with van der Waals surface area (Å²) in [7, 11) is 2.21. The van der Waals surface area contributed by atoms with Crippen molar-refractivity contribution >= 4 is 16.7 Å². The van der Waals surface area contributed by atoms with Crippen LogP contribution in [0, 0.1) is 0 Å². The van der Waals surface area contributed by atoms with Gasteiger partial charge in [-0.1, -0.05) is 39.0 Å². The summed E-state index contributed by atoms with van der Waals surface area (Å²) in [5.41, 5.74) is 8.83. The molecule has 0 radical (unpaired) electrons. The molecule has 2 N–H and O–H groups in total. The van der Waals surface area contributed by atoms with Gasteiger partial charge in [0.1, 0.15) is 0 Å². The van der Waals surface area contributed by atoms with Gasteiger partial charge in [0.15, 0.2) is 0 Å². The molecule has 2 aromatic rings. The summed E-state index contributed by atoms with van der Waals surface area (Å²) in [4.78, 5) is 6.85. The highest BCUT2D eigenvalue weighted by molar-refractivity contribution is 5.78. The molecule has 0 amide bonds. The van der Waals surface area contributed by atoms with Gasteiger partial charge in [-0.3, -0.25) is 0 Å². The Kier molecular flexibility index (Phi) is 6.72. The molecule has 2 rings (SSSR count). The van der Waals surface area contributed by atoms with Gasteiger partial charge >= 0.3 is 0 Å². The molecule has 1 aromatic carbocycles. The molecule has 0 unspecified atom stereocenters. The van der Waals surface area contributed by atoms with E-state index in [2.05, 4.69) is 28.4 Å². The standard InChI is InChI=1S/C18H30N4/c1-3-4-5-6-7-8-11-21(2)12-13-22-15-20-17-10-9-16(19)14-18(17)22/h9-10,14-15H,3-8,11-13,19H2,1-2H3. The molecule has 0 atom stereocenters. The topological polar surface area (TPSA) is 47.1 Å². The second kappa shape index (κ2) is 8.79. The van der Waals surface area contributed by atoms with Crippen LogP contribution in [0.5, 0.6) is 0 Å². The molecule has 0 aliphatic rings. The predicted molar refractivity (Wildman–Crippen MR) is 95.0 cm³/mol. The van der Waals surface area contributed by atoms with Crippen LogP contribution in [0.4, 0.5) is 5.69 Å². The number of aromatic nitrogens is 2. The highest BCUT2D eigenvalue weighted by Crippen LogP contribution is 2.16. The van der Waals surface area contributed by atoms with Crippen LogP contribution in [-0.2, 0) is 6.54 Å². The van der Waals surface area contributed by atoms with Gasteiger partial charge in [0.25, 0.3) is 0 Å². The highest BCUT2D eigenvalue weighted by Gasteiger charge is 2.04. The number of fused-ring (bicyclic) bond motifs is 1. The maximum atomic E-state index is 5.87. The zero-order valence-electron chi connectivity index (χ0n) is 14.1.